The molecule has 0 spiro atoms. The van der Waals surface area contributed by atoms with Crippen molar-refractivity contribution in [1.29, 1.82) is 0 Å². The normalized spacial score (nSPS) is 13.0. The molecule has 27 heavy (non-hydrogen) atoms. The number of carbonyl (C=O) groups is 1. The number of carbonyl (C=O) groups excluding carboxylic acids is 1. The number of nitrogens with zero attached hydrogens (tertiary/aromatic N) is 3. The number of benzene rings is 3. The number of rotatable bonds is 3. The monoisotopic (exact) mass is 355 g/mol. The summed E-state index contributed by atoms with van der Waals surface area (Å²) < 4.78 is 8.05. The highest BCUT2D eigenvalue weighted by atomic mass is 16.5. The molecule has 0 saturated heterocycles. The fourth-order valence-corrected chi connectivity index (χ4v) is 3.47. The number of hydrogen-bond acceptors (Lipinski definition) is 3. The van der Waals surface area contributed by atoms with Gasteiger partial charge in [-0.3, -0.25) is 9.69 Å². The molecule has 3 aromatic carbocycles. The molecule has 2 heterocycles. The highest BCUT2D eigenvalue weighted by Crippen LogP contribution is 2.31. The Kier molecular flexibility index (Phi) is 3.64. The summed E-state index contributed by atoms with van der Waals surface area (Å²) in [6.45, 7) is 1.34. The lowest BCUT2D eigenvalue weighted by Crippen LogP contribution is -2.29. The van der Waals surface area contributed by atoms with Crippen LogP contribution < -0.4 is 9.64 Å². The molecule has 0 atom stereocenters. The minimum Gasteiger partial charge on any atom is -0.457 e. The lowest BCUT2D eigenvalue weighted by atomic mass is 10.1. The largest absolute Gasteiger partial charge is 0.457 e. The van der Waals surface area contributed by atoms with Crippen molar-refractivity contribution in [3.63, 3.8) is 0 Å². The molecule has 5 heteroatoms. The lowest BCUT2D eigenvalue weighted by molar-refractivity contribution is 0.0986. The van der Waals surface area contributed by atoms with Gasteiger partial charge in [-0.15, -0.1) is 0 Å². The van der Waals surface area contributed by atoms with Crippen molar-refractivity contribution in [3.8, 4) is 11.5 Å². The molecule has 1 aliphatic rings. The lowest BCUT2D eigenvalue weighted by Gasteiger charge is -2.16. The Labute approximate surface area is 156 Å². The molecule has 1 aromatic heterocycles. The molecular formula is C22H17N3O2. The van der Waals surface area contributed by atoms with E-state index < -0.39 is 0 Å². The number of amides is 1. The summed E-state index contributed by atoms with van der Waals surface area (Å²) in [5, 5.41) is 0. The Morgan fingerprint density at radius 2 is 1.59 bits per heavy atom. The maximum absolute atomic E-state index is 13.3. The highest BCUT2D eigenvalue weighted by molar-refractivity contribution is 6.08. The van der Waals surface area contributed by atoms with E-state index >= 15 is 0 Å². The maximum atomic E-state index is 13.3. The molecule has 132 valence electrons. The number of fused-ring (bicyclic) bond motifs is 3. The first-order valence-corrected chi connectivity index (χ1v) is 8.90. The van der Waals surface area contributed by atoms with Gasteiger partial charge in [0.1, 0.15) is 11.5 Å². The van der Waals surface area contributed by atoms with Gasteiger partial charge in [0.25, 0.3) is 5.91 Å². The average molecular weight is 355 g/mol. The zero-order valence-electron chi connectivity index (χ0n) is 14.6. The molecule has 0 fully saturated rings. The minimum atomic E-state index is -0.101. The molecule has 0 N–H and O–H groups in total. The summed E-state index contributed by atoms with van der Waals surface area (Å²) in [7, 11) is 0. The maximum Gasteiger partial charge on any atom is 0.264 e. The van der Waals surface area contributed by atoms with Gasteiger partial charge in [-0.2, -0.15) is 0 Å². The van der Waals surface area contributed by atoms with Gasteiger partial charge in [0.15, 0.2) is 0 Å². The third-order valence-corrected chi connectivity index (χ3v) is 4.76. The molecule has 5 rings (SSSR count). The van der Waals surface area contributed by atoms with Crippen molar-refractivity contribution < 1.29 is 9.53 Å². The fourth-order valence-electron chi connectivity index (χ4n) is 3.47. The molecule has 4 aromatic rings. The van der Waals surface area contributed by atoms with Crippen molar-refractivity contribution in [2.24, 2.45) is 0 Å². The van der Waals surface area contributed by atoms with E-state index in [1.165, 1.54) is 0 Å². The van der Waals surface area contributed by atoms with E-state index in [4.69, 9.17) is 4.74 Å². The van der Waals surface area contributed by atoms with E-state index in [2.05, 4.69) is 9.55 Å². The summed E-state index contributed by atoms with van der Waals surface area (Å²) in [5.74, 6) is 1.83. The van der Waals surface area contributed by atoms with E-state index in [0.29, 0.717) is 29.6 Å². The molecule has 0 bridgehead atoms. The van der Waals surface area contributed by atoms with Crippen molar-refractivity contribution in [1.82, 2.24) is 9.55 Å². The first-order chi connectivity index (χ1) is 13.3. The molecule has 1 aliphatic heterocycles. The van der Waals surface area contributed by atoms with Crippen LogP contribution in [0.5, 0.6) is 11.5 Å². The molecular weight excluding hydrogens is 338 g/mol. The predicted molar refractivity (Wildman–Crippen MR) is 104 cm³/mol. The van der Waals surface area contributed by atoms with Crippen LogP contribution in [0.3, 0.4) is 0 Å². The Hall–Kier alpha value is -3.60. The van der Waals surface area contributed by atoms with E-state index in [0.717, 1.165) is 17.6 Å². The van der Waals surface area contributed by atoms with Crippen LogP contribution in [0.15, 0.2) is 78.9 Å². The topological polar surface area (TPSA) is 47.4 Å². The van der Waals surface area contributed by atoms with Crippen LogP contribution in [0, 0.1) is 0 Å². The van der Waals surface area contributed by atoms with Crippen LogP contribution in [0.25, 0.3) is 11.0 Å². The van der Waals surface area contributed by atoms with Gasteiger partial charge in [0.05, 0.1) is 16.6 Å². The Bertz CT molecular complexity index is 1130. The molecule has 0 unspecified atom stereocenters. The van der Waals surface area contributed by atoms with E-state index in [1.807, 2.05) is 72.8 Å². The van der Waals surface area contributed by atoms with Crippen molar-refractivity contribution >= 4 is 22.9 Å². The van der Waals surface area contributed by atoms with Crippen LogP contribution in [0.2, 0.25) is 0 Å². The summed E-state index contributed by atoms with van der Waals surface area (Å²) >= 11 is 0. The zero-order chi connectivity index (χ0) is 18.2. The average Bonchev–Trinajstić information content (AvgIpc) is 3.28. The van der Waals surface area contributed by atoms with Crippen LogP contribution in [-0.4, -0.2) is 22.0 Å². The fraction of sp³-hybridized carbons (Fsp3) is 0.0909. The number of para-hydroxylation sites is 4. The van der Waals surface area contributed by atoms with Gasteiger partial charge in [-0.05, 0) is 36.4 Å². The smallest absolute Gasteiger partial charge is 0.264 e. The van der Waals surface area contributed by atoms with E-state index in [-0.39, 0.29) is 5.91 Å². The van der Waals surface area contributed by atoms with Gasteiger partial charge in [-0.1, -0.05) is 42.5 Å². The number of imidazole rings is 1. The summed E-state index contributed by atoms with van der Waals surface area (Å²) in [6, 6.07) is 24.8. The van der Waals surface area contributed by atoms with Crippen LogP contribution in [0.4, 0.5) is 5.95 Å². The van der Waals surface area contributed by atoms with Gasteiger partial charge < -0.3 is 9.30 Å². The van der Waals surface area contributed by atoms with Gasteiger partial charge in [0.2, 0.25) is 5.95 Å². The van der Waals surface area contributed by atoms with Crippen molar-refractivity contribution in [2.45, 2.75) is 6.54 Å². The van der Waals surface area contributed by atoms with E-state index in [1.54, 1.807) is 11.0 Å². The summed E-state index contributed by atoms with van der Waals surface area (Å²) in [6.07, 6.45) is 0. The Balaban J connectivity index is 1.51. The summed E-state index contributed by atoms with van der Waals surface area (Å²) in [5.41, 5.74) is 2.48. The standard InChI is InChI=1S/C22H17N3O2/c26-21(17-10-4-7-13-20(17)27-16-8-2-1-3-9-16)25-15-14-24-19-12-6-5-11-18(19)23-22(24)25/h1-13H,14-15H2. The molecule has 1 amide bonds. The van der Waals surface area contributed by atoms with Crippen LogP contribution in [0.1, 0.15) is 10.4 Å². The first-order valence-electron chi connectivity index (χ1n) is 8.90. The highest BCUT2D eigenvalue weighted by Gasteiger charge is 2.30. The second-order valence-corrected chi connectivity index (χ2v) is 6.42. The number of aromatic nitrogens is 2. The third-order valence-electron chi connectivity index (χ3n) is 4.76. The van der Waals surface area contributed by atoms with Crippen molar-refractivity contribution in [2.75, 3.05) is 11.4 Å². The van der Waals surface area contributed by atoms with E-state index in [9.17, 15) is 4.79 Å². The second kappa shape index (κ2) is 6.29. The molecule has 0 aliphatic carbocycles. The Morgan fingerprint density at radius 3 is 2.48 bits per heavy atom. The second-order valence-electron chi connectivity index (χ2n) is 6.42. The third kappa shape index (κ3) is 2.64. The Morgan fingerprint density at radius 1 is 0.852 bits per heavy atom. The molecule has 5 nitrogen and oxygen atoms in total. The minimum absolute atomic E-state index is 0.101. The van der Waals surface area contributed by atoms with Crippen molar-refractivity contribution in [3.05, 3.63) is 84.4 Å². The SMILES string of the molecule is O=C(c1ccccc1Oc1ccccc1)N1CCn2c1nc1ccccc12. The van der Waals surface area contributed by atoms with Gasteiger partial charge >= 0.3 is 0 Å². The first kappa shape index (κ1) is 15.6. The van der Waals surface area contributed by atoms with Crippen LogP contribution in [-0.2, 0) is 6.54 Å². The number of anilines is 1. The molecule has 0 radical (unpaired) electrons. The molecule has 0 saturated carbocycles. The number of hydrogen-bond donors (Lipinski definition) is 0. The predicted octanol–water partition coefficient (Wildman–Crippen LogP) is 4.49. The van der Waals surface area contributed by atoms with Crippen LogP contribution >= 0.6 is 0 Å². The number of ether oxygens (including phenoxy) is 1. The summed E-state index contributed by atoms with van der Waals surface area (Å²) in [4.78, 5) is 19.7. The van der Waals surface area contributed by atoms with Gasteiger partial charge in [0, 0.05) is 13.1 Å². The zero-order valence-corrected chi connectivity index (χ0v) is 14.6. The van der Waals surface area contributed by atoms with Gasteiger partial charge in [-0.25, -0.2) is 4.98 Å². The quantitative estimate of drug-likeness (QED) is 0.544.